The van der Waals surface area contributed by atoms with Crippen LogP contribution in [0.3, 0.4) is 0 Å². The standard InChI is InChI=1S/C12H15F2N3O3S/c13-9-4-8(15)5-10(14)11(9)21(19,20)17-3-1-2-7(6-17)12(16)18/h4-5,7H,1-3,6,15H2,(H2,16,18). The van der Waals surface area contributed by atoms with Crippen molar-refractivity contribution in [1.29, 1.82) is 0 Å². The van der Waals surface area contributed by atoms with E-state index in [1.165, 1.54) is 0 Å². The van der Waals surface area contributed by atoms with Gasteiger partial charge in [0.1, 0.15) is 11.6 Å². The molecule has 0 radical (unpaired) electrons. The van der Waals surface area contributed by atoms with E-state index in [2.05, 4.69) is 0 Å². The van der Waals surface area contributed by atoms with Gasteiger partial charge in [-0.05, 0) is 25.0 Å². The minimum absolute atomic E-state index is 0.0787. The van der Waals surface area contributed by atoms with Gasteiger partial charge in [-0.25, -0.2) is 17.2 Å². The molecule has 1 aromatic carbocycles. The molecule has 0 saturated carbocycles. The fourth-order valence-corrected chi connectivity index (χ4v) is 3.96. The zero-order valence-electron chi connectivity index (χ0n) is 11.1. The van der Waals surface area contributed by atoms with Crippen LogP contribution < -0.4 is 11.5 Å². The molecule has 0 bridgehead atoms. The minimum Gasteiger partial charge on any atom is -0.399 e. The molecule has 0 aliphatic carbocycles. The van der Waals surface area contributed by atoms with Crippen molar-refractivity contribution in [2.45, 2.75) is 17.7 Å². The van der Waals surface area contributed by atoms with Crippen molar-refractivity contribution in [3.8, 4) is 0 Å². The van der Waals surface area contributed by atoms with Gasteiger partial charge in [0.15, 0.2) is 4.90 Å². The summed E-state index contributed by atoms with van der Waals surface area (Å²) in [6.45, 7) is -0.101. The number of nitrogen functional groups attached to an aromatic ring is 1. The van der Waals surface area contributed by atoms with E-state index in [0.29, 0.717) is 12.8 Å². The topological polar surface area (TPSA) is 106 Å². The summed E-state index contributed by atoms with van der Waals surface area (Å²) in [5.41, 5.74) is 10.2. The normalized spacial score (nSPS) is 20.4. The first-order valence-electron chi connectivity index (χ1n) is 6.27. The summed E-state index contributed by atoms with van der Waals surface area (Å²) in [5, 5.41) is 0. The summed E-state index contributed by atoms with van der Waals surface area (Å²) >= 11 is 0. The molecule has 1 amide bonds. The Morgan fingerprint density at radius 3 is 2.38 bits per heavy atom. The Morgan fingerprint density at radius 2 is 1.86 bits per heavy atom. The molecule has 1 aromatic rings. The van der Waals surface area contributed by atoms with E-state index >= 15 is 0 Å². The molecule has 9 heteroatoms. The first-order valence-corrected chi connectivity index (χ1v) is 7.71. The maximum Gasteiger partial charge on any atom is 0.248 e. The minimum atomic E-state index is -4.39. The molecule has 0 aromatic heterocycles. The lowest BCUT2D eigenvalue weighted by atomic mass is 9.99. The van der Waals surface area contributed by atoms with E-state index in [0.717, 1.165) is 16.4 Å². The van der Waals surface area contributed by atoms with E-state index in [9.17, 15) is 22.0 Å². The van der Waals surface area contributed by atoms with Gasteiger partial charge in [-0.2, -0.15) is 4.31 Å². The summed E-state index contributed by atoms with van der Waals surface area (Å²) in [7, 11) is -4.39. The summed E-state index contributed by atoms with van der Waals surface area (Å²) < 4.78 is 53.2. The average Bonchev–Trinajstić information content (AvgIpc) is 2.37. The maximum atomic E-state index is 13.8. The number of halogens is 2. The Kier molecular flexibility index (Phi) is 4.15. The van der Waals surface area contributed by atoms with Crippen molar-refractivity contribution in [2.24, 2.45) is 11.7 Å². The van der Waals surface area contributed by atoms with Crippen LogP contribution in [-0.2, 0) is 14.8 Å². The largest absolute Gasteiger partial charge is 0.399 e. The predicted molar refractivity (Wildman–Crippen MR) is 71.4 cm³/mol. The van der Waals surface area contributed by atoms with Gasteiger partial charge in [0, 0.05) is 18.8 Å². The molecule has 1 atom stereocenters. The van der Waals surface area contributed by atoms with Crippen LogP contribution in [0.4, 0.5) is 14.5 Å². The molecule has 4 N–H and O–H groups in total. The monoisotopic (exact) mass is 319 g/mol. The van der Waals surface area contributed by atoms with Gasteiger partial charge in [-0.3, -0.25) is 4.79 Å². The Morgan fingerprint density at radius 1 is 1.29 bits per heavy atom. The second-order valence-electron chi connectivity index (χ2n) is 4.92. The van der Waals surface area contributed by atoms with Crippen molar-refractivity contribution in [2.75, 3.05) is 18.8 Å². The van der Waals surface area contributed by atoms with Crippen LogP contribution in [0, 0.1) is 17.6 Å². The van der Waals surface area contributed by atoms with Gasteiger partial charge in [-0.1, -0.05) is 0 Å². The Balaban J connectivity index is 2.41. The van der Waals surface area contributed by atoms with E-state index < -0.39 is 38.4 Å². The van der Waals surface area contributed by atoms with Crippen LogP contribution in [0.1, 0.15) is 12.8 Å². The van der Waals surface area contributed by atoms with E-state index in [1.807, 2.05) is 0 Å². The summed E-state index contributed by atoms with van der Waals surface area (Å²) in [4.78, 5) is 10.1. The van der Waals surface area contributed by atoms with Gasteiger partial charge in [0.25, 0.3) is 0 Å². The quantitative estimate of drug-likeness (QED) is 0.788. The highest BCUT2D eigenvalue weighted by Crippen LogP contribution is 2.28. The molecule has 2 rings (SSSR count). The number of sulfonamides is 1. The molecule has 1 aliphatic heterocycles. The SMILES string of the molecule is NC(=O)C1CCCN(S(=O)(=O)c2c(F)cc(N)cc2F)C1. The summed E-state index contributed by atoms with van der Waals surface area (Å²) in [6.07, 6.45) is 0.846. The van der Waals surface area contributed by atoms with Gasteiger partial charge in [-0.15, -0.1) is 0 Å². The van der Waals surface area contributed by atoms with Crippen LogP contribution in [0.25, 0.3) is 0 Å². The van der Waals surface area contributed by atoms with Gasteiger partial charge < -0.3 is 11.5 Å². The van der Waals surface area contributed by atoms with E-state index in [4.69, 9.17) is 11.5 Å². The Bertz CT molecular complexity index is 655. The van der Waals surface area contributed by atoms with Crippen LogP contribution in [0.15, 0.2) is 17.0 Å². The second kappa shape index (κ2) is 5.57. The zero-order valence-corrected chi connectivity index (χ0v) is 11.9. The lowest BCUT2D eigenvalue weighted by Crippen LogP contribution is -2.44. The van der Waals surface area contributed by atoms with E-state index in [1.54, 1.807) is 0 Å². The summed E-state index contributed by atoms with van der Waals surface area (Å²) in [6, 6.07) is 1.48. The summed E-state index contributed by atoms with van der Waals surface area (Å²) in [5.74, 6) is -3.80. The Hall–Kier alpha value is -1.74. The molecule has 1 unspecified atom stereocenters. The highest BCUT2D eigenvalue weighted by Gasteiger charge is 2.35. The number of hydrogen-bond acceptors (Lipinski definition) is 4. The number of primary amides is 1. The third-order valence-electron chi connectivity index (χ3n) is 3.40. The lowest BCUT2D eigenvalue weighted by Gasteiger charge is -2.30. The molecule has 1 aliphatic rings. The smallest absolute Gasteiger partial charge is 0.248 e. The number of carbonyl (C=O) groups is 1. The van der Waals surface area contributed by atoms with Crippen LogP contribution in [-0.4, -0.2) is 31.7 Å². The third kappa shape index (κ3) is 2.98. The fourth-order valence-electron chi connectivity index (χ4n) is 2.35. The molecular weight excluding hydrogens is 304 g/mol. The van der Waals surface area contributed by atoms with Crippen molar-refractivity contribution in [3.63, 3.8) is 0 Å². The van der Waals surface area contributed by atoms with Gasteiger partial charge in [0.05, 0.1) is 5.92 Å². The lowest BCUT2D eigenvalue weighted by molar-refractivity contribution is -0.122. The van der Waals surface area contributed by atoms with Crippen LogP contribution in [0.2, 0.25) is 0 Å². The second-order valence-corrected chi connectivity index (χ2v) is 6.79. The van der Waals surface area contributed by atoms with Crippen LogP contribution in [0.5, 0.6) is 0 Å². The number of carbonyl (C=O) groups excluding carboxylic acids is 1. The molecule has 1 fully saturated rings. The molecule has 0 spiro atoms. The van der Waals surface area contributed by atoms with E-state index in [-0.39, 0.29) is 18.8 Å². The number of nitrogens with two attached hydrogens (primary N) is 2. The first kappa shape index (κ1) is 15.6. The van der Waals surface area contributed by atoms with Crippen LogP contribution >= 0.6 is 0 Å². The molecule has 116 valence electrons. The zero-order chi connectivity index (χ0) is 15.8. The number of nitrogens with zero attached hydrogens (tertiary/aromatic N) is 1. The highest BCUT2D eigenvalue weighted by molar-refractivity contribution is 7.89. The van der Waals surface area contributed by atoms with Crippen molar-refractivity contribution < 1.29 is 22.0 Å². The Labute approximate surface area is 120 Å². The maximum absolute atomic E-state index is 13.8. The number of benzene rings is 1. The first-order chi connectivity index (χ1) is 9.73. The third-order valence-corrected chi connectivity index (χ3v) is 5.32. The average molecular weight is 319 g/mol. The molecule has 1 saturated heterocycles. The number of amides is 1. The van der Waals surface area contributed by atoms with Crippen molar-refractivity contribution in [3.05, 3.63) is 23.8 Å². The number of piperidine rings is 1. The molecular formula is C12H15F2N3O3S. The predicted octanol–water partition coefficient (Wildman–Crippen LogP) is 0.433. The number of rotatable bonds is 3. The molecule has 6 nitrogen and oxygen atoms in total. The fraction of sp³-hybridized carbons (Fsp3) is 0.417. The van der Waals surface area contributed by atoms with Crippen molar-refractivity contribution >= 4 is 21.6 Å². The van der Waals surface area contributed by atoms with Gasteiger partial charge in [0.2, 0.25) is 15.9 Å². The highest BCUT2D eigenvalue weighted by atomic mass is 32.2. The number of anilines is 1. The molecule has 21 heavy (non-hydrogen) atoms. The van der Waals surface area contributed by atoms with Crippen molar-refractivity contribution in [1.82, 2.24) is 4.31 Å². The van der Waals surface area contributed by atoms with Gasteiger partial charge >= 0.3 is 0 Å². The number of hydrogen-bond donors (Lipinski definition) is 2. The molecule has 1 heterocycles.